The molecule has 0 bridgehead atoms. The molecule has 0 aliphatic heterocycles. The molecule has 0 saturated heterocycles. The fourth-order valence-electron chi connectivity index (χ4n) is 2.23. The minimum Gasteiger partial charge on any atom is -0.399 e. The fourth-order valence-corrected chi connectivity index (χ4v) is 2.23. The van der Waals surface area contributed by atoms with E-state index in [4.69, 9.17) is 5.73 Å². The van der Waals surface area contributed by atoms with Gasteiger partial charge in [0.1, 0.15) is 5.82 Å². The Morgan fingerprint density at radius 3 is 2.62 bits per heavy atom. The SMILES string of the molecule is CCN(Cc1cccc(C)c1)C(=O)c1ccc(N)cc1F. The van der Waals surface area contributed by atoms with Crippen molar-refractivity contribution in [3.63, 3.8) is 0 Å². The van der Waals surface area contributed by atoms with Crippen molar-refractivity contribution in [3.8, 4) is 0 Å². The van der Waals surface area contributed by atoms with Crippen LogP contribution in [0.25, 0.3) is 0 Å². The van der Waals surface area contributed by atoms with Crippen molar-refractivity contribution < 1.29 is 9.18 Å². The molecule has 4 heteroatoms. The average Bonchev–Trinajstić information content (AvgIpc) is 2.44. The van der Waals surface area contributed by atoms with Gasteiger partial charge in [0.2, 0.25) is 0 Å². The summed E-state index contributed by atoms with van der Waals surface area (Å²) in [6.45, 7) is 4.85. The quantitative estimate of drug-likeness (QED) is 0.876. The number of amides is 1. The highest BCUT2D eigenvalue weighted by molar-refractivity contribution is 5.94. The van der Waals surface area contributed by atoms with Crippen molar-refractivity contribution in [3.05, 3.63) is 65.0 Å². The number of benzene rings is 2. The predicted octanol–water partition coefficient (Wildman–Crippen LogP) is 3.38. The van der Waals surface area contributed by atoms with Crippen molar-refractivity contribution in [2.24, 2.45) is 0 Å². The maximum Gasteiger partial charge on any atom is 0.257 e. The van der Waals surface area contributed by atoms with Crippen LogP contribution in [0.15, 0.2) is 42.5 Å². The number of nitrogen functional groups attached to an aromatic ring is 1. The summed E-state index contributed by atoms with van der Waals surface area (Å²) in [6.07, 6.45) is 0. The highest BCUT2D eigenvalue weighted by Crippen LogP contribution is 2.16. The molecular formula is C17H19FN2O. The summed E-state index contributed by atoms with van der Waals surface area (Å²) in [5.41, 5.74) is 8.04. The molecule has 0 aliphatic carbocycles. The van der Waals surface area contributed by atoms with Crippen LogP contribution >= 0.6 is 0 Å². The molecule has 0 aliphatic rings. The van der Waals surface area contributed by atoms with Gasteiger partial charge in [0, 0.05) is 18.8 Å². The van der Waals surface area contributed by atoms with Crippen LogP contribution in [0, 0.1) is 12.7 Å². The summed E-state index contributed by atoms with van der Waals surface area (Å²) in [4.78, 5) is 14.1. The molecule has 2 rings (SSSR count). The van der Waals surface area contributed by atoms with E-state index in [-0.39, 0.29) is 11.5 Å². The van der Waals surface area contributed by atoms with Gasteiger partial charge in [-0.15, -0.1) is 0 Å². The first-order valence-electron chi connectivity index (χ1n) is 6.91. The molecule has 110 valence electrons. The van der Waals surface area contributed by atoms with Gasteiger partial charge in [-0.05, 0) is 37.6 Å². The van der Waals surface area contributed by atoms with Gasteiger partial charge in [-0.25, -0.2) is 4.39 Å². The lowest BCUT2D eigenvalue weighted by atomic mass is 10.1. The van der Waals surface area contributed by atoms with Crippen LogP contribution < -0.4 is 5.73 Å². The van der Waals surface area contributed by atoms with Crippen LogP contribution in [0.4, 0.5) is 10.1 Å². The lowest BCUT2D eigenvalue weighted by Gasteiger charge is -2.21. The van der Waals surface area contributed by atoms with E-state index in [1.54, 1.807) is 4.90 Å². The molecule has 0 aromatic heterocycles. The van der Waals surface area contributed by atoms with Crippen LogP contribution in [-0.2, 0) is 6.54 Å². The summed E-state index contributed by atoms with van der Waals surface area (Å²) in [6, 6.07) is 12.1. The third-order valence-electron chi connectivity index (χ3n) is 3.35. The molecular weight excluding hydrogens is 267 g/mol. The molecule has 3 nitrogen and oxygen atoms in total. The minimum atomic E-state index is -0.581. The Morgan fingerprint density at radius 1 is 1.24 bits per heavy atom. The van der Waals surface area contributed by atoms with E-state index >= 15 is 0 Å². The Labute approximate surface area is 124 Å². The molecule has 0 atom stereocenters. The van der Waals surface area contributed by atoms with Crippen molar-refractivity contribution in [2.45, 2.75) is 20.4 Å². The first-order chi connectivity index (χ1) is 10.0. The van der Waals surface area contributed by atoms with Crippen LogP contribution in [0.3, 0.4) is 0 Å². The minimum absolute atomic E-state index is 0.0544. The van der Waals surface area contributed by atoms with E-state index in [1.165, 1.54) is 18.2 Å². The van der Waals surface area contributed by atoms with Gasteiger partial charge in [-0.3, -0.25) is 4.79 Å². The van der Waals surface area contributed by atoms with Crippen molar-refractivity contribution >= 4 is 11.6 Å². The fraction of sp³-hybridized carbons (Fsp3) is 0.235. The molecule has 0 heterocycles. The van der Waals surface area contributed by atoms with Crippen molar-refractivity contribution in [1.82, 2.24) is 4.90 Å². The highest BCUT2D eigenvalue weighted by atomic mass is 19.1. The Bertz CT molecular complexity index is 655. The van der Waals surface area contributed by atoms with Crippen LogP contribution in [-0.4, -0.2) is 17.4 Å². The molecule has 0 fully saturated rings. The number of anilines is 1. The highest BCUT2D eigenvalue weighted by Gasteiger charge is 2.18. The van der Waals surface area contributed by atoms with Crippen molar-refractivity contribution in [1.29, 1.82) is 0 Å². The molecule has 2 aromatic rings. The number of hydrogen-bond acceptors (Lipinski definition) is 2. The zero-order valence-corrected chi connectivity index (χ0v) is 12.3. The second kappa shape index (κ2) is 6.39. The largest absolute Gasteiger partial charge is 0.399 e. The third kappa shape index (κ3) is 3.60. The van der Waals surface area contributed by atoms with E-state index in [0.29, 0.717) is 18.8 Å². The third-order valence-corrected chi connectivity index (χ3v) is 3.35. The second-order valence-corrected chi connectivity index (χ2v) is 5.05. The van der Waals surface area contributed by atoms with Gasteiger partial charge < -0.3 is 10.6 Å². The first kappa shape index (κ1) is 15.0. The lowest BCUT2D eigenvalue weighted by Crippen LogP contribution is -2.31. The monoisotopic (exact) mass is 286 g/mol. The summed E-state index contributed by atoms with van der Waals surface area (Å²) in [7, 11) is 0. The summed E-state index contributed by atoms with van der Waals surface area (Å²) in [5.74, 6) is -0.904. The Balaban J connectivity index is 2.22. The maximum absolute atomic E-state index is 13.9. The number of carbonyl (C=O) groups is 1. The van der Waals surface area contributed by atoms with Gasteiger partial charge in [0.15, 0.2) is 0 Å². The van der Waals surface area contributed by atoms with E-state index in [1.807, 2.05) is 38.1 Å². The van der Waals surface area contributed by atoms with E-state index in [9.17, 15) is 9.18 Å². The van der Waals surface area contributed by atoms with E-state index < -0.39 is 5.82 Å². The number of rotatable bonds is 4. The molecule has 2 aromatic carbocycles. The van der Waals surface area contributed by atoms with E-state index in [0.717, 1.165) is 11.1 Å². The lowest BCUT2D eigenvalue weighted by molar-refractivity contribution is 0.0748. The zero-order chi connectivity index (χ0) is 15.4. The second-order valence-electron chi connectivity index (χ2n) is 5.05. The Morgan fingerprint density at radius 2 is 2.00 bits per heavy atom. The van der Waals surface area contributed by atoms with E-state index in [2.05, 4.69) is 0 Å². The summed E-state index contributed by atoms with van der Waals surface area (Å²) in [5, 5.41) is 0. The van der Waals surface area contributed by atoms with Gasteiger partial charge >= 0.3 is 0 Å². The molecule has 0 radical (unpaired) electrons. The maximum atomic E-state index is 13.9. The van der Waals surface area contributed by atoms with Gasteiger partial charge in [-0.1, -0.05) is 29.8 Å². The summed E-state index contributed by atoms with van der Waals surface area (Å²) < 4.78 is 13.9. The van der Waals surface area contributed by atoms with Gasteiger partial charge in [0.05, 0.1) is 5.56 Å². The van der Waals surface area contributed by atoms with Crippen LogP contribution in [0.1, 0.15) is 28.4 Å². The topological polar surface area (TPSA) is 46.3 Å². The number of halogens is 1. The molecule has 0 spiro atoms. The zero-order valence-electron chi connectivity index (χ0n) is 12.3. The predicted molar refractivity (Wildman–Crippen MR) is 82.4 cm³/mol. The average molecular weight is 286 g/mol. The molecule has 21 heavy (non-hydrogen) atoms. The first-order valence-corrected chi connectivity index (χ1v) is 6.91. The summed E-state index contributed by atoms with van der Waals surface area (Å²) >= 11 is 0. The molecule has 1 amide bonds. The Hall–Kier alpha value is -2.36. The number of nitrogens with two attached hydrogens (primary N) is 1. The van der Waals surface area contributed by atoms with Crippen molar-refractivity contribution in [2.75, 3.05) is 12.3 Å². The van der Waals surface area contributed by atoms with Crippen LogP contribution in [0.5, 0.6) is 0 Å². The molecule has 0 saturated carbocycles. The Kier molecular flexibility index (Phi) is 4.58. The van der Waals surface area contributed by atoms with Crippen LogP contribution in [0.2, 0.25) is 0 Å². The van der Waals surface area contributed by atoms with Gasteiger partial charge in [-0.2, -0.15) is 0 Å². The smallest absolute Gasteiger partial charge is 0.257 e. The van der Waals surface area contributed by atoms with Gasteiger partial charge in [0.25, 0.3) is 5.91 Å². The normalized spacial score (nSPS) is 10.4. The number of nitrogens with zero attached hydrogens (tertiary/aromatic N) is 1. The molecule has 2 N–H and O–H groups in total. The number of carbonyl (C=O) groups excluding carboxylic acids is 1. The number of aryl methyl sites for hydroxylation is 1. The number of hydrogen-bond donors (Lipinski definition) is 1. The standard InChI is InChI=1S/C17H19FN2O/c1-3-20(11-13-6-4-5-12(2)9-13)17(21)15-8-7-14(19)10-16(15)18/h4-10H,3,11,19H2,1-2H3. The molecule has 0 unspecified atom stereocenters.